The minimum atomic E-state index is -0.0149. The van der Waals surface area contributed by atoms with Crippen LogP contribution >= 0.6 is 0 Å². The highest BCUT2D eigenvalue weighted by atomic mass is 16.4. The molecule has 1 aliphatic carbocycles. The molecule has 0 spiro atoms. The van der Waals surface area contributed by atoms with Gasteiger partial charge in [-0.1, -0.05) is 18.2 Å². The van der Waals surface area contributed by atoms with Gasteiger partial charge in [0, 0.05) is 24.1 Å². The SMILES string of the molecule is Cc1ccc(-c2cnc(CCC(=O)Nc3ccc4c(c3)CCC4)o2)cc1C. The number of aromatic nitrogens is 1. The fraction of sp³-hybridized carbons (Fsp3) is 0.304. The molecule has 0 aliphatic heterocycles. The van der Waals surface area contributed by atoms with Crippen molar-refractivity contribution >= 4 is 11.6 Å². The molecule has 138 valence electrons. The van der Waals surface area contributed by atoms with E-state index in [2.05, 4.69) is 48.4 Å². The topological polar surface area (TPSA) is 55.1 Å². The maximum absolute atomic E-state index is 12.3. The van der Waals surface area contributed by atoms with Crippen LogP contribution in [-0.2, 0) is 24.1 Å². The second-order valence-electron chi connectivity index (χ2n) is 7.30. The molecule has 4 rings (SSSR count). The number of amides is 1. The third-order valence-electron chi connectivity index (χ3n) is 5.29. The third-order valence-corrected chi connectivity index (χ3v) is 5.29. The number of hydrogen-bond acceptors (Lipinski definition) is 3. The van der Waals surface area contributed by atoms with Gasteiger partial charge in [-0.2, -0.15) is 0 Å². The Balaban J connectivity index is 1.35. The predicted octanol–water partition coefficient (Wildman–Crippen LogP) is 5.02. The summed E-state index contributed by atoms with van der Waals surface area (Å²) in [6.07, 6.45) is 6.04. The summed E-state index contributed by atoms with van der Waals surface area (Å²) < 4.78 is 5.83. The van der Waals surface area contributed by atoms with Crippen LogP contribution in [0.25, 0.3) is 11.3 Å². The molecule has 0 saturated heterocycles. The number of fused-ring (bicyclic) bond motifs is 1. The number of rotatable bonds is 5. The minimum absolute atomic E-state index is 0.0149. The van der Waals surface area contributed by atoms with Crippen LogP contribution in [0.15, 0.2) is 47.0 Å². The fourth-order valence-corrected chi connectivity index (χ4v) is 3.55. The van der Waals surface area contributed by atoms with Gasteiger partial charge in [0.25, 0.3) is 0 Å². The van der Waals surface area contributed by atoms with Gasteiger partial charge in [0.15, 0.2) is 11.7 Å². The summed E-state index contributed by atoms with van der Waals surface area (Å²) >= 11 is 0. The van der Waals surface area contributed by atoms with E-state index in [0.29, 0.717) is 18.7 Å². The second-order valence-corrected chi connectivity index (χ2v) is 7.30. The number of benzene rings is 2. The lowest BCUT2D eigenvalue weighted by Crippen LogP contribution is -2.12. The highest BCUT2D eigenvalue weighted by Gasteiger charge is 2.13. The average Bonchev–Trinajstić information content (AvgIpc) is 3.31. The Morgan fingerprint density at radius 3 is 2.78 bits per heavy atom. The van der Waals surface area contributed by atoms with Gasteiger partial charge in [-0.05, 0) is 73.6 Å². The lowest BCUT2D eigenvalue weighted by atomic mass is 10.1. The van der Waals surface area contributed by atoms with Crippen molar-refractivity contribution in [2.24, 2.45) is 0 Å². The molecule has 1 heterocycles. The summed E-state index contributed by atoms with van der Waals surface area (Å²) in [6, 6.07) is 12.4. The number of nitrogens with one attached hydrogen (secondary N) is 1. The third kappa shape index (κ3) is 3.95. The highest BCUT2D eigenvalue weighted by Crippen LogP contribution is 2.25. The molecule has 0 saturated carbocycles. The Morgan fingerprint density at radius 2 is 1.93 bits per heavy atom. The van der Waals surface area contributed by atoms with Crippen LogP contribution in [-0.4, -0.2) is 10.9 Å². The van der Waals surface area contributed by atoms with E-state index in [9.17, 15) is 4.79 Å². The van der Waals surface area contributed by atoms with Crippen LogP contribution in [0.3, 0.4) is 0 Å². The first kappa shape index (κ1) is 17.5. The number of aryl methyl sites for hydroxylation is 5. The van der Waals surface area contributed by atoms with Gasteiger partial charge in [0.2, 0.25) is 5.91 Å². The van der Waals surface area contributed by atoms with Crippen molar-refractivity contribution < 1.29 is 9.21 Å². The second kappa shape index (κ2) is 7.39. The first-order valence-corrected chi connectivity index (χ1v) is 9.52. The number of hydrogen-bond donors (Lipinski definition) is 1. The number of oxazole rings is 1. The zero-order valence-corrected chi connectivity index (χ0v) is 15.8. The van der Waals surface area contributed by atoms with Gasteiger partial charge in [0.1, 0.15) is 0 Å². The number of nitrogens with zero attached hydrogens (tertiary/aromatic N) is 1. The van der Waals surface area contributed by atoms with Crippen molar-refractivity contribution in [2.45, 2.75) is 46.0 Å². The molecule has 1 N–H and O–H groups in total. The van der Waals surface area contributed by atoms with E-state index < -0.39 is 0 Å². The van der Waals surface area contributed by atoms with Crippen LogP contribution in [0.5, 0.6) is 0 Å². The number of carbonyl (C=O) groups is 1. The molecule has 0 fully saturated rings. The molecular weight excluding hydrogens is 336 g/mol. The smallest absolute Gasteiger partial charge is 0.224 e. The van der Waals surface area contributed by atoms with Crippen molar-refractivity contribution in [3.63, 3.8) is 0 Å². The Morgan fingerprint density at radius 1 is 1.07 bits per heavy atom. The minimum Gasteiger partial charge on any atom is -0.441 e. The van der Waals surface area contributed by atoms with E-state index >= 15 is 0 Å². The lowest BCUT2D eigenvalue weighted by molar-refractivity contribution is -0.116. The molecule has 1 aromatic heterocycles. The first-order chi connectivity index (χ1) is 13.1. The van der Waals surface area contributed by atoms with Gasteiger partial charge >= 0.3 is 0 Å². The molecule has 2 aromatic carbocycles. The van der Waals surface area contributed by atoms with E-state index in [1.807, 2.05) is 12.1 Å². The molecule has 4 nitrogen and oxygen atoms in total. The van der Waals surface area contributed by atoms with Crippen LogP contribution < -0.4 is 5.32 Å². The Bertz CT molecular complexity index is 988. The monoisotopic (exact) mass is 360 g/mol. The van der Waals surface area contributed by atoms with Crippen LogP contribution in [0.4, 0.5) is 5.69 Å². The van der Waals surface area contributed by atoms with Crippen molar-refractivity contribution in [3.8, 4) is 11.3 Å². The average molecular weight is 360 g/mol. The normalized spacial score (nSPS) is 12.8. The summed E-state index contributed by atoms with van der Waals surface area (Å²) in [5.41, 5.74) is 7.13. The van der Waals surface area contributed by atoms with Gasteiger partial charge in [-0.3, -0.25) is 4.79 Å². The van der Waals surface area contributed by atoms with Gasteiger partial charge in [-0.15, -0.1) is 0 Å². The van der Waals surface area contributed by atoms with Gasteiger partial charge in [0.05, 0.1) is 6.20 Å². The highest BCUT2D eigenvalue weighted by molar-refractivity contribution is 5.90. The molecule has 0 radical (unpaired) electrons. The summed E-state index contributed by atoms with van der Waals surface area (Å²) in [4.78, 5) is 16.6. The summed E-state index contributed by atoms with van der Waals surface area (Å²) in [7, 11) is 0. The van der Waals surface area contributed by atoms with Crippen molar-refractivity contribution in [3.05, 3.63) is 70.7 Å². The van der Waals surface area contributed by atoms with Crippen LogP contribution in [0.2, 0.25) is 0 Å². The summed E-state index contributed by atoms with van der Waals surface area (Å²) in [5, 5.41) is 2.99. The Labute approximate surface area is 159 Å². The van der Waals surface area contributed by atoms with Gasteiger partial charge < -0.3 is 9.73 Å². The zero-order chi connectivity index (χ0) is 18.8. The predicted molar refractivity (Wildman–Crippen MR) is 107 cm³/mol. The Hall–Kier alpha value is -2.88. The number of carbonyl (C=O) groups excluding carboxylic acids is 1. The van der Waals surface area contributed by atoms with Crippen LogP contribution in [0, 0.1) is 13.8 Å². The molecule has 1 aliphatic rings. The molecule has 4 heteroatoms. The van der Waals surface area contributed by atoms with Crippen LogP contribution in [0.1, 0.15) is 41.0 Å². The van der Waals surface area contributed by atoms with E-state index in [4.69, 9.17) is 4.42 Å². The van der Waals surface area contributed by atoms with E-state index in [-0.39, 0.29) is 5.91 Å². The number of anilines is 1. The molecule has 1 amide bonds. The molecule has 3 aromatic rings. The lowest BCUT2D eigenvalue weighted by Gasteiger charge is -2.07. The van der Waals surface area contributed by atoms with E-state index in [0.717, 1.165) is 29.9 Å². The molecule has 0 atom stereocenters. The fourth-order valence-electron chi connectivity index (χ4n) is 3.55. The van der Waals surface area contributed by atoms with Gasteiger partial charge in [-0.25, -0.2) is 4.98 Å². The van der Waals surface area contributed by atoms with Crippen molar-refractivity contribution in [2.75, 3.05) is 5.32 Å². The molecule has 0 bridgehead atoms. The molecular formula is C23H24N2O2. The largest absolute Gasteiger partial charge is 0.441 e. The summed E-state index contributed by atoms with van der Waals surface area (Å²) in [5.74, 6) is 1.32. The van der Waals surface area contributed by atoms with Crippen molar-refractivity contribution in [1.82, 2.24) is 4.98 Å². The maximum atomic E-state index is 12.3. The van der Waals surface area contributed by atoms with Crippen molar-refractivity contribution in [1.29, 1.82) is 0 Å². The standard InChI is InChI=1S/C23H24N2O2/c1-15-6-7-19(12-16(15)2)21-14-24-23(27-21)11-10-22(26)25-20-9-8-17-4-3-5-18(17)13-20/h6-9,12-14H,3-5,10-11H2,1-2H3,(H,25,26). The summed E-state index contributed by atoms with van der Waals surface area (Å²) in [6.45, 7) is 4.17. The van der Waals surface area contributed by atoms with E-state index in [1.54, 1.807) is 6.20 Å². The first-order valence-electron chi connectivity index (χ1n) is 9.52. The van der Waals surface area contributed by atoms with E-state index in [1.165, 1.54) is 28.7 Å². The zero-order valence-electron chi connectivity index (χ0n) is 15.8. The molecule has 27 heavy (non-hydrogen) atoms. The maximum Gasteiger partial charge on any atom is 0.224 e. The molecule has 0 unspecified atom stereocenters. The quantitative estimate of drug-likeness (QED) is 0.695. The Kier molecular flexibility index (Phi) is 4.80.